The van der Waals surface area contributed by atoms with E-state index in [4.69, 9.17) is 12.2 Å². The molecule has 1 amide bonds. The first-order valence-electron chi connectivity index (χ1n) is 9.29. The van der Waals surface area contributed by atoms with Crippen LogP contribution in [0.25, 0.3) is 0 Å². The lowest BCUT2D eigenvalue weighted by molar-refractivity contribution is 0.0975. The van der Waals surface area contributed by atoms with Crippen LogP contribution in [0.1, 0.15) is 47.8 Å². The molecule has 0 saturated carbocycles. The Morgan fingerprint density at radius 2 is 1.89 bits per heavy atom. The molecule has 0 aliphatic heterocycles. The van der Waals surface area contributed by atoms with Gasteiger partial charge in [0.2, 0.25) is 0 Å². The molecular weight excluding hydrogens is 356 g/mol. The molecule has 0 unspecified atom stereocenters. The zero-order valence-electron chi connectivity index (χ0n) is 16.3. The van der Waals surface area contributed by atoms with Crippen LogP contribution in [0.15, 0.2) is 42.6 Å². The van der Waals surface area contributed by atoms with E-state index in [-0.39, 0.29) is 11.0 Å². The molecule has 6 heteroatoms. The van der Waals surface area contributed by atoms with Gasteiger partial charge in [-0.15, -0.1) is 0 Å². The minimum Gasteiger partial charge on any atom is -0.332 e. The third-order valence-corrected chi connectivity index (χ3v) is 4.31. The second-order valence-electron chi connectivity index (χ2n) is 6.80. The van der Waals surface area contributed by atoms with Crippen molar-refractivity contribution in [1.82, 2.24) is 15.2 Å². The van der Waals surface area contributed by atoms with E-state index in [1.165, 1.54) is 24.8 Å². The highest BCUT2D eigenvalue weighted by Crippen LogP contribution is 2.13. The quantitative estimate of drug-likeness (QED) is 0.532. The molecule has 2 aromatic rings. The fourth-order valence-electron chi connectivity index (χ4n) is 2.74. The van der Waals surface area contributed by atoms with Crippen molar-refractivity contribution in [2.75, 3.05) is 19.4 Å². The Bertz CT molecular complexity index is 759. The van der Waals surface area contributed by atoms with E-state index in [0.29, 0.717) is 12.1 Å². The largest absolute Gasteiger partial charge is 0.332 e. The van der Waals surface area contributed by atoms with Gasteiger partial charge in [-0.25, -0.2) is 0 Å². The Kier molecular flexibility index (Phi) is 8.36. The Hall–Kier alpha value is -2.31. The average Bonchev–Trinajstić information content (AvgIpc) is 2.63. The van der Waals surface area contributed by atoms with Crippen LogP contribution >= 0.6 is 12.2 Å². The Morgan fingerprint density at radius 1 is 1.15 bits per heavy atom. The third kappa shape index (κ3) is 7.07. The monoisotopic (exact) mass is 384 g/mol. The van der Waals surface area contributed by atoms with Crippen LogP contribution in [0.2, 0.25) is 0 Å². The van der Waals surface area contributed by atoms with Crippen LogP contribution in [-0.4, -0.2) is 35.0 Å². The van der Waals surface area contributed by atoms with E-state index in [1.807, 2.05) is 31.1 Å². The topological polar surface area (TPSA) is 57.3 Å². The maximum absolute atomic E-state index is 12.6. The highest BCUT2D eigenvalue weighted by Gasteiger charge is 2.14. The SMILES string of the molecule is CCCCCc1ccc(NC(=S)NC(=O)c2cccnc2CN(C)C)cc1. The number of carbonyl (C=O) groups is 1. The van der Waals surface area contributed by atoms with Gasteiger partial charge in [0, 0.05) is 18.4 Å². The van der Waals surface area contributed by atoms with Crippen LogP contribution < -0.4 is 10.6 Å². The Labute approximate surface area is 167 Å². The number of rotatable bonds is 8. The standard InChI is InChI=1S/C21H28N4OS/c1-4-5-6-8-16-10-12-17(13-11-16)23-21(27)24-20(26)18-9-7-14-22-19(18)15-25(2)3/h7,9-14H,4-6,8,15H2,1-3H3,(H2,23,24,26,27). The highest BCUT2D eigenvalue weighted by molar-refractivity contribution is 7.80. The minimum absolute atomic E-state index is 0.256. The highest BCUT2D eigenvalue weighted by atomic mass is 32.1. The van der Waals surface area contributed by atoms with Crippen molar-refractivity contribution in [2.24, 2.45) is 0 Å². The number of hydrogen-bond donors (Lipinski definition) is 2. The molecule has 0 bridgehead atoms. The molecular formula is C21H28N4OS. The number of benzene rings is 1. The molecule has 5 nitrogen and oxygen atoms in total. The van der Waals surface area contributed by atoms with Crippen molar-refractivity contribution in [3.8, 4) is 0 Å². The normalized spacial score (nSPS) is 10.7. The van der Waals surface area contributed by atoms with E-state index >= 15 is 0 Å². The van der Waals surface area contributed by atoms with E-state index in [9.17, 15) is 4.79 Å². The lowest BCUT2D eigenvalue weighted by Crippen LogP contribution is -2.35. The van der Waals surface area contributed by atoms with Gasteiger partial charge in [-0.2, -0.15) is 0 Å². The predicted molar refractivity (Wildman–Crippen MR) is 115 cm³/mol. The van der Waals surface area contributed by atoms with Gasteiger partial charge in [0.15, 0.2) is 5.11 Å². The number of thiocarbonyl (C=S) groups is 1. The van der Waals surface area contributed by atoms with E-state index in [0.717, 1.165) is 17.8 Å². The molecule has 1 aromatic carbocycles. The van der Waals surface area contributed by atoms with Gasteiger partial charge in [-0.1, -0.05) is 31.9 Å². The first kappa shape index (κ1) is 21.0. The van der Waals surface area contributed by atoms with E-state index < -0.39 is 0 Å². The number of nitrogens with zero attached hydrogens (tertiary/aromatic N) is 2. The van der Waals surface area contributed by atoms with Crippen molar-refractivity contribution in [1.29, 1.82) is 0 Å². The van der Waals surface area contributed by atoms with Crippen LogP contribution in [-0.2, 0) is 13.0 Å². The third-order valence-electron chi connectivity index (χ3n) is 4.11. The molecule has 0 aliphatic carbocycles. The molecule has 144 valence electrons. The molecule has 0 fully saturated rings. The number of aromatic nitrogens is 1. The second-order valence-corrected chi connectivity index (χ2v) is 7.21. The summed E-state index contributed by atoms with van der Waals surface area (Å²) in [4.78, 5) is 18.8. The number of pyridine rings is 1. The summed E-state index contributed by atoms with van der Waals surface area (Å²) in [5, 5.41) is 6.08. The summed E-state index contributed by atoms with van der Waals surface area (Å²) in [7, 11) is 3.88. The van der Waals surface area contributed by atoms with Crippen LogP contribution in [0.3, 0.4) is 0 Å². The van der Waals surface area contributed by atoms with Crippen LogP contribution in [0.4, 0.5) is 5.69 Å². The molecule has 0 atom stereocenters. The number of amides is 1. The number of hydrogen-bond acceptors (Lipinski definition) is 4. The molecule has 27 heavy (non-hydrogen) atoms. The second kappa shape index (κ2) is 10.7. The van der Waals surface area contributed by atoms with Crippen molar-refractivity contribution in [3.63, 3.8) is 0 Å². The number of carbonyl (C=O) groups excluding carboxylic acids is 1. The van der Waals surface area contributed by atoms with Gasteiger partial charge >= 0.3 is 0 Å². The van der Waals surface area contributed by atoms with Crippen molar-refractivity contribution < 1.29 is 4.79 Å². The summed E-state index contributed by atoms with van der Waals surface area (Å²) >= 11 is 5.29. The lowest BCUT2D eigenvalue weighted by Gasteiger charge is -2.14. The van der Waals surface area contributed by atoms with Crippen molar-refractivity contribution in [3.05, 3.63) is 59.4 Å². The summed E-state index contributed by atoms with van der Waals surface area (Å²) < 4.78 is 0. The number of nitrogens with one attached hydrogen (secondary N) is 2. The van der Waals surface area contributed by atoms with E-state index in [2.05, 4.69) is 34.7 Å². The molecule has 0 saturated heterocycles. The maximum atomic E-state index is 12.6. The van der Waals surface area contributed by atoms with Gasteiger partial charge in [0.05, 0.1) is 11.3 Å². The maximum Gasteiger partial charge on any atom is 0.259 e. The lowest BCUT2D eigenvalue weighted by atomic mass is 10.1. The zero-order valence-corrected chi connectivity index (χ0v) is 17.1. The van der Waals surface area contributed by atoms with Gasteiger partial charge in [-0.05, 0) is 69.0 Å². The Morgan fingerprint density at radius 3 is 2.56 bits per heavy atom. The van der Waals surface area contributed by atoms with Crippen molar-refractivity contribution in [2.45, 2.75) is 39.2 Å². The minimum atomic E-state index is -0.256. The van der Waals surface area contributed by atoms with Crippen LogP contribution in [0.5, 0.6) is 0 Å². The molecule has 0 aliphatic rings. The summed E-state index contributed by atoms with van der Waals surface area (Å²) in [5.74, 6) is -0.256. The number of anilines is 1. The summed E-state index contributed by atoms with van der Waals surface area (Å²) in [5.41, 5.74) is 3.42. The van der Waals surface area contributed by atoms with Gasteiger partial charge in [-0.3, -0.25) is 15.1 Å². The summed E-state index contributed by atoms with van der Waals surface area (Å²) in [6.07, 6.45) is 6.46. The Balaban J connectivity index is 1.93. The van der Waals surface area contributed by atoms with Gasteiger partial charge < -0.3 is 10.2 Å². The van der Waals surface area contributed by atoms with Crippen LogP contribution in [0, 0.1) is 0 Å². The smallest absolute Gasteiger partial charge is 0.259 e. The molecule has 2 N–H and O–H groups in total. The first-order chi connectivity index (χ1) is 13.0. The van der Waals surface area contributed by atoms with E-state index in [1.54, 1.807) is 18.3 Å². The first-order valence-corrected chi connectivity index (χ1v) is 9.70. The van der Waals surface area contributed by atoms with Gasteiger partial charge in [0.1, 0.15) is 0 Å². The average molecular weight is 385 g/mol. The van der Waals surface area contributed by atoms with Gasteiger partial charge in [0.25, 0.3) is 5.91 Å². The zero-order chi connectivity index (χ0) is 19.6. The molecule has 0 spiro atoms. The molecule has 0 radical (unpaired) electrons. The molecule has 1 heterocycles. The molecule has 1 aromatic heterocycles. The fourth-order valence-corrected chi connectivity index (χ4v) is 2.95. The summed E-state index contributed by atoms with van der Waals surface area (Å²) in [6, 6.07) is 11.7. The number of unbranched alkanes of at least 4 members (excludes halogenated alkanes) is 2. The predicted octanol–water partition coefficient (Wildman–Crippen LogP) is 4.00. The summed E-state index contributed by atoms with van der Waals surface area (Å²) in [6.45, 7) is 2.79. The molecule has 2 rings (SSSR count). The number of aryl methyl sites for hydroxylation is 1. The fraction of sp³-hybridized carbons (Fsp3) is 0.381. The van der Waals surface area contributed by atoms with Crippen molar-refractivity contribution >= 4 is 28.9 Å².